The predicted molar refractivity (Wildman–Crippen MR) is 74.7 cm³/mol. The Balaban J connectivity index is 2.41. The van der Waals surface area contributed by atoms with Gasteiger partial charge in [0.2, 0.25) is 0 Å². The van der Waals surface area contributed by atoms with Crippen molar-refractivity contribution in [2.24, 2.45) is 5.73 Å². The topological polar surface area (TPSA) is 38.9 Å². The van der Waals surface area contributed by atoms with E-state index in [4.69, 9.17) is 5.73 Å². The van der Waals surface area contributed by atoms with Gasteiger partial charge in [0.15, 0.2) is 0 Å². The van der Waals surface area contributed by atoms with Gasteiger partial charge in [-0.15, -0.1) is 0 Å². The zero-order valence-corrected chi connectivity index (χ0v) is 11.5. The van der Waals surface area contributed by atoms with Crippen LogP contribution in [0.2, 0.25) is 0 Å². The van der Waals surface area contributed by atoms with Crippen molar-refractivity contribution in [3.63, 3.8) is 0 Å². The lowest BCUT2D eigenvalue weighted by molar-refractivity contribution is 0.800. The molecule has 1 heterocycles. The fourth-order valence-electron chi connectivity index (χ4n) is 1.83. The second kappa shape index (κ2) is 4.98. The number of nitrogens with zero attached hydrogens (tertiary/aromatic N) is 1. The van der Waals surface area contributed by atoms with E-state index in [1.807, 2.05) is 32.0 Å². The number of rotatable bonds is 2. The molecule has 1 unspecified atom stereocenters. The Bertz CT molecular complexity index is 518. The van der Waals surface area contributed by atoms with E-state index in [-0.39, 0.29) is 6.04 Å². The van der Waals surface area contributed by atoms with Crippen LogP contribution >= 0.6 is 15.9 Å². The first-order chi connectivity index (χ1) is 8.08. The maximum Gasteiger partial charge on any atom is 0.0705 e. The largest absolute Gasteiger partial charge is 0.324 e. The quantitative estimate of drug-likeness (QED) is 0.913. The molecule has 0 saturated carbocycles. The van der Waals surface area contributed by atoms with Crippen LogP contribution in [-0.2, 0) is 0 Å². The molecule has 0 aliphatic carbocycles. The highest BCUT2D eigenvalue weighted by atomic mass is 79.9. The first kappa shape index (κ1) is 12.3. The molecule has 0 radical (unpaired) electrons. The van der Waals surface area contributed by atoms with E-state index in [1.54, 1.807) is 0 Å². The molecular formula is C14H15BrN2. The molecule has 0 amide bonds. The standard InChI is InChI=1S/C14H15BrN2/c1-9(16)13-7-8-14(17-10(13)2)11-3-5-12(15)6-4-11/h3-9H,16H2,1-2H3. The number of pyridine rings is 1. The van der Waals surface area contributed by atoms with Gasteiger partial charge in [-0.2, -0.15) is 0 Å². The van der Waals surface area contributed by atoms with Crippen LogP contribution in [-0.4, -0.2) is 4.98 Å². The maximum absolute atomic E-state index is 5.88. The van der Waals surface area contributed by atoms with Gasteiger partial charge in [-0.1, -0.05) is 34.1 Å². The zero-order chi connectivity index (χ0) is 12.4. The van der Waals surface area contributed by atoms with Crippen LogP contribution in [0.1, 0.15) is 24.2 Å². The van der Waals surface area contributed by atoms with Gasteiger partial charge in [0.05, 0.1) is 5.69 Å². The van der Waals surface area contributed by atoms with Crippen molar-refractivity contribution in [1.29, 1.82) is 0 Å². The average Bonchev–Trinajstić information content (AvgIpc) is 2.29. The molecule has 2 nitrogen and oxygen atoms in total. The molecule has 0 spiro atoms. The van der Waals surface area contributed by atoms with Crippen molar-refractivity contribution in [3.05, 3.63) is 52.1 Å². The molecule has 0 saturated heterocycles. The molecule has 2 aromatic rings. The van der Waals surface area contributed by atoms with Crippen LogP contribution in [0, 0.1) is 6.92 Å². The fraction of sp³-hybridized carbons (Fsp3) is 0.214. The molecule has 2 rings (SSSR count). The highest BCUT2D eigenvalue weighted by molar-refractivity contribution is 9.10. The van der Waals surface area contributed by atoms with Crippen molar-refractivity contribution in [2.45, 2.75) is 19.9 Å². The van der Waals surface area contributed by atoms with E-state index < -0.39 is 0 Å². The predicted octanol–water partition coefficient (Wildman–Crippen LogP) is 3.84. The minimum absolute atomic E-state index is 0.0291. The van der Waals surface area contributed by atoms with E-state index in [0.717, 1.165) is 27.0 Å². The summed E-state index contributed by atoms with van der Waals surface area (Å²) in [4.78, 5) is 4.60. The smallest absolute Gasteiger partial charge is 0.0705 e. The van der Waals surface area contributed by atoms with E-state index in [0.29, 0.717) is 0 Å². The molecule has 0 aliphatic heterocycles. The van der Waals surface area contributed by atoms with Gasteiger partial charge < -0.3 is 5.73 Å². The van der Waals surface area contributed by atoms with E-state index in [1.165, 1.54) is 0 Å². The Kier molecular flexibility index (Phi) is 3.60. The van der Waals surface area contributed by atoms with Gasteiger partial charge >= 0.3 is 0 Å². The maximum atomic E-state index is 5.88. The highest BCUT2D eigenvalue weighted by Crippen LogP contribution is 2.22. The number of aryl methyl sites for hydroxylation is 1. The van der Waals surface area contributed by atoms with Crippen LogP contribution in [0.15, 0.2) is 40.9 Å². The summed E-state index contributed by atoms with van der Waals surface area (Å²) >= 11 is 3.43. The summed E-state index contributed by atoms with van der Waals surface area (Å²) in [5.74, 6) is 0. The third kappa shape index (κ3) is 2.73. The lowest BCUT2D eigenvalue weighted by Gasteiger charge is -2.10. The van der Waals surface area contributed by atoms with Crippen molar-refractivity contribution >= 4 is 15.9 Å². The summed E-state index contributed by atoms with van der Waals surface area (Å²) in [5, 5.41) is 0. The molecule has 0 bridgehead atoms. The Labute approximate surface area is 110 Å². The molecule has 1 atom stereocenters. The average molecular weight is 291 g/mol. The number of nitrogens with two attached hydrogens (primary N) is 1. The molecule has 17 heavy (non-hydrogen) atoms. The van der Waals surface area contributed by atoms with Crippen molar-refractivity contribution in [1.82, 2.24) is 4.98 Å². The first-order valence-corrected chi connectivity index (χ1v) is 6.36. The van der Waals surface area contributed by atoms with Crippen LogP contribution in [0.3, 0.4) is 0 Å². The van der Waals surface area contributed by atoms with Gasteiger partial charge in [-0.05, 0) is 37.6 Å². The lowest BCUT2D eigenvalue weighted by Crippen LogP contribution is -2.08. The monoisotopic (exact) mass is 290 g/mol. The second-order valence-electron chi connectivity index (χ2n) is 4.17. The number of hydrogen-bond acceptors (Lipinski definition) is 2. The van der Waals surface area contributed by atoms with Gasteiger partial charge in [-0.25, -0.2) is 0 Å². The molecule has 0 fully saturated rings. The number of aromatic nitrogens is 1. The number of hydrogen-bond donors (Lipinski definition) is 1. The normalized spacial score (nSPS) is 12.5. The summed E-state index contributed by atoms with van der Waals surface area (Å²) in [6, 6.07) is 12.3. The molecule has 2 N–H and O–H groups in total. The van der Waals surface area contributed by atoms with Crippen LogP contribution in [0.4, 0.5) is 0 Å². The molecule has 0 aliphatic rings. The second-order valence-corrected chi connectivity index (χ2v) is 5.08. The lowest BCUT2D eigenvalue weighted by atomic mass is 10.1. The molecule has 1 aromatic heterocycles. The molecule has 88 valence electrons. The van der Waals surface area contributed by atoms with Crippen LogP contribution in [0.25, 0.3) is 11.3 Å². The highest BCUT2D eigenvalue weighted by Gasteiger charge is 2.06. The minimum Gasteiger partial charge on any atom is -0.324 e. The summed E-state index contributed by atoms with van der Waals surface area (Å²) in [7, 11) is 0. The molecule has 3 heteroatoms. The van der Waals surface area contributed by atoms with E-state index in [9.17, 15) is 0 Å². The van der Waals surface area contributed by atoms with Crippen molar-refractivity contribution in [3.8, 4) is 11.3 Å². The number of benzene rings is 1. The fourth-order valence-corrected chi connectivity index (χ4v) is 2.10. The Morgan fingerprint density at radius 1 is 1.12 bits per heavy atom. The third-order valence-electron chi connectivity index (χ3n) is 2.76. The van der Waals surface area contributed by atoms with E-state index in [2.05, 4.69) is 39.1 Å². The zero-order valence-electron chi connectivity index (χ0n) is 9.94. The van der Waals surface area contributed by atoms with Gasteiger partial charge in [0.1, 0.15) is 0 Å². The minimum atomic E-state index is 0.0291. The molecular weight excluding hydrogens is 276 g/mol. The number of halogens is 1. The molecule has 1 aromatic carbocycles. The Morgan fingerprint density at radius 3 is 2.29 bits per heavy atom. The third-order valence-corrected chi connectivity index (χ3v) is 3.29. The summed E-state index contributed by atoms with van der Waals surface area (Å²) < 4.78 is 1.07. The summed E-state index contributed by atoms with van der Waals surface area (Å²) in [5.41, 5.74) is 10.1. The van der Waals surface area contributed by atoms with Crippen LogP contribution < -0.4 is 5.73 Å². The SMILES string of the molecule is Cc1nc(-c2ccc(Br)cc2)ccc1C(C)N. The van der Waals surface area contributed by atoms with Gasteiger partial charge in [0.25, 0.3) is 0 Å². The first-order valence-electron chi connectivity index (χ1n) is 5.57. The van der Waals surface area contributed by atoms with Gasteiger partial charge in [0, 0.05) is 21.8 Å². The van der Waals surface area contributed by atoms with Crippen molar-refractivity contribution < 1.29 is 0 Å². The van der Waals surface area contributed by atoms with Crippen molar-refractivity contribution in [2.75, 3.05) is 0 Å². The summed E-state index contributed by atoms with van der Waals surface area (Å²) in [6.45, 7) is 3.98. The Morgan fingerprint density at radius 2 is 1.76 bits per heavy atom. The van der Waals surface area contributed by atoms with Crippen LogP contribution in [0.5, 0.6) is 0 Å². The Hall–Kier alpha value is -1.19. The van der Waals surface area contributed by atoms with E-state index >= 15 is 0 Å². The summed E-state index contributed by atoms with van der Waals surface area (Å²) in [6.07, 6.45) is 0. The van der Waals surface area contributed by atoms with Gasteiger partial charge in [-0.3, -0.25) is 4.98 Å².